The molecule has 84 valence electrons. The van der Waals surface area contributed by atoms with Gasteiger partial charge in [-0.15, -0.1) is 0 Å². The fraction of sp³-hybridized carbons (Fsp3) is 0.600. The van der Waals surface area contributed by atoms with Crippen LogP contribution in [0.15, 0.2) is 12.4 Å². The molecule has 0 aliphatic heterocycles. The normalized spacial score (nSPS) is 10.0. The van der Waals surface area contributed by atoms with E-state index in [2.05, 4.69) is 27.5 Å². The van der Waals surface area contributed by atoms with Gasteiger partial charge in [0.25, 0.3) is 0 Å². The zero-order valence-electron chi connectivity index (χ0n) is 9.03. The Hall–Kier alpha value is -1.36. The summed E-state index contributed by atoms with van der Waals surface area (Å²) in [6.45, 7) is 3.90. The Bertz CT molecular complexity index is 280. The quantitative estimate of drug-likeness (QED) is 0.588. The van der Waals surface area contributed by atoms with Gasteiger partial charge in [-0.05, 0) is 12.8 Å². The summed E-state index contributed by atoms with van der Waals surface area (Å²) in [5, 5.41) is 14.9. The molecular weight excluding hydrogens is 192 g/mol. The third-order valence-electron chi connectivity index (χ3n) is 1.83. The van der Waals surface area contributed by atoms with E-state index in [0.717, 1.165) is 24.6 Å². The monoisotopic (exact) mass is 210 g/mol. The first-order valence-corrected chi connectivity index (χ1v) is 5.27. The fourth-order valence-corrected chi connectivity index (χ4v) is 1.08. The average Bonchev–Trinajstić information content (AvgIpc) is 2.27. The average molecular weight is 210 g/mol. The molecule has 1 rings (SSSR count). The predicted molar refractivity (Wildman–Crippen MR) is 61.0 cm³/mol. The number of aliphatic hydroxyl groups excluding tert-OH is 1. The fourth-order valence-electron chi connectivity index (χ4n) is 1.08. The third-order valence-corrected chi connectivity index (χ3v) is 1.83. The SMILES string of the molecule is CCCNc1cncc(NCCCO)n1. The van der Waals surface area contributed by atoms with Crippen molar-refractivity contribution in [1.82, 2.24) is 9.97 Å². The van der Waals surface area contributed by atoms with Crippen LogP contribution in [-0.4, -0.2) is 34.8 Å². The number of hydrogen-bond donors (Lipinski definition) is 3. The van der Waals surface area contributed by atoms with Gasteiger partial charge in [0.15, 0.2) is 0 Å². The van der Waals surface area contributed by atoms with E-state index in [1.807, 2.05) is 0 Å². The molecule has 1 aromatic rings. The summed E-state index contributed by atoms with van der Waals surface area (Å²) in [7, 11) is 0. The van der Waals surface area contributed by atoms with Crippen LogP contribution >= 0.6 is 0 Å². The van der Waals surface area contributed by atoms with Gasteiger partial charge in [-0.25, -0.2) is 4.98 Å². The van der Waals surface area contributed by atoms with E-state index < -0.39 is 0 Å². The molecule has 0 aromatic carbocycles. The van der Waals surface area contributed by atoms with Gasteiger partial charge in [-0.3, -0.25) is 4.98 Å². The van der Waals surface area contributed by atoms with Crippen LogP contribution in [0.4, 0.5) is 11.6 Å². The van der Waals surface area contributed by atoms with Crippen molar-refractivity contribution in [3.63, 3.8) is 0 Å². The van der Waals surface area contributed by atoms with Crippen molar-refractivity contribution in [3.05, 3.63) is 12.4 Å². The van der Waals surface area contributed by atoms with Gasteiger partial charge in [0.2, 0.25) is 0 Å². The second-order valence-electron chi connectivity index (χ2n) is 3.22. The van der Waals surface area contributed by atoms with Gasteiger partial charge < -0.3 is 15.7 Å². The summed E-state index contributed by atoms with van der Waals surface area (Å²) in [6, 6.07) is 0. The van der Waals surface area contributed by atoms with Crippen LogP contribution in [0.5, 0.6) is 0 Å². The molecule has 0 spiro atoms. The highest BCUT2D eigenvalue weighted by Crippen LogP contribution is 2.06. The van der Waals surface area contributed by atoms with Crippen LogP contribution in [-0.2, 0) is 0 Å². The summed E-state index contributed by atoms with van der Waals surface area (Å²) in [5.74, 6) is 1.52. The summed E-state index contributed by atoms with van der Waals surface area (Å²) >= 11 is 0. The molecule has 0 fully saturated rings. The number of rotatable bonds is 7. The van der Waals surface area contributed by atoms with Crippen LogP contribution < -0.4 is 10.6 Å². The molecule has 5 nitrogen and oxygen atoms in total. The standard InChI is InChI=1S/C10H18N4O/c1-2-4-12-9-7-11-8-10(14-9)13-5-3-6-15/h7-8,15H,2-6H2,1H3,(H2,12,13,14). The van der Waals surface area contributed by atoms with Gasteiger partial charge in [-0.2, -0.15) is 0 Å². The molecular formula is C10H18N4O. The number of hydrogen-bond acceptors (Lipinski definition) is 5. The zero-order chi connectivity index (χ0) is 10.9. The number of nitrogens with zero attached hydrogens (tertiary/aromatic N) is 2. The van der Waals surface area contributed by atoms with E-state index in [0.29, 0.717) is 13.0 Å². The minimum atomic E-state index is 0.189. The van der Waals surface area contributed by atoms with Gasteiger partial charge in [0.05, 0.1) is 12.4 Å². The molecule has 15 heavy (non-hydrogen) atoms. The van der Waals surface area contributed by atoms with Crippen molar-refractivity contribution in [2.75, 3.05) is 30.3 Å². The number of aromatic nitrogens is 2. The van der Waals surface area contributed by atoms with Crippen LogP contribution in [0.25, 0.3) is 0 Å². The lowest BCUT2D eigenvalue weighted by atomic mass is 10.4. The first-order valence-electron chi connectivity index (χ1n) is 5.27. The Labute approximate surface area is 90.0 Å². The third kappa shape index (κ3) is 4.60. The highest BCUT2D eigenvalue weighted by atomic mass is 16.3. The topological polar surface area (TPSA) is 70.1 Å². The van der Waals surface area contributed by atoms with Crippen LogP contribution in [0.2, 0.25) is 0 Å². The summed E-state index contributed by atoms with van der Waals surface area (Å²) in [5.41, 5.74) is 0. The maximum atomic E-state index is 8.63. The zero-order valence-corrected chi connectivity index (χ0v) is 9.03. The van der Waals surface area contributed by atoms with E-state index in [-0.39, 0.29) is 6.61 Å². The van der Waals surface area contributed by atoms with Crippen molar-refractivity contribution < 1.29 is 5.11 Å². The van der Waals surface area contributed by atoms with E-state index in [4.69, 9.17) is 5.11 Å². The minimum Gasteiger partial charge on any atom is -0.396 e. The van der Waals surface area contributed by atoms with Crippen molar-refractivity contribution in [2.24, 2.45) is 0 Å². The number of nitrogens with one attached hydrogen (secondary N) is 2. The largest absolute Gasteiger partial charge is 0.396 e. The van der Waals surface area contributed by atoms with Crippen molar-refractivity contribution in [2.45, 2.75) is 19.8 Å². The second kappa shape index (κ2) is 7.00. The maximum absolute atomic E-state index is 8.63. The maximum Gasteiger partial charge on any atom is 0.146 e. The first-order chi connectivity index (χ1) is 7.36. The lowest BCUT2D eigenvalue weighted by Crippen LogP contribution is -2.08. The first kappa shape index (κ1) is 11.7. The molecule has 0 atom stereocenters. The highest BCUT2D eigenvalue weighted by molar-refractivity contribution is 5.41. The van der Waals surface area contributed by atoms with Crippen molar-refractivity contribution in [3.8, 4) is 0 Å². The molecule has 0 bridgehead atoms. The van der Waals surface area contributed by atoms with E-state index in [1.165, 1.54) is 0 Å². The number of aliphatic hydroxyl groups is 1. The predicted octanol–water partition coefficient (Wildman–Crippen LogP) is 1.09. The second-order valence-corrected chi connectivity index (χ2v) is 3.22. The van der Waals surface area contributed by atoms with E-state index in [9.17, 15) is 0 Å². The Balaban J connectivity index is 2.42. The lowest BCUT2D eigenvalue weighted by Gasteiger charge is -2.07. The Morgan fingerprint density at radius 3 is 2.47 bits per heavy atom. The Kier molecular flexibility index (Phi) is 5.47. The summed E-state index contributed by atoms with van der Waals surface area (Å²) in [4.78, 5) is 8.38. The van der Waals surface area contributed by atoms with Crippen molar-refractivity contribution >= 4 is 11.6 Å². The molecule has 1 aromatic heterocycles. The molecule has 3 N–H and O–H groups in total. The van der Waals surface area contributed by atoms with Crippen LogP contribution in [0.1, 0.15) is 19.8 Å². The molecule has 0 amide bonds. The van der Waals surface area contributed by atoms with Gasteiger partial charge in [-0.1, -0.05) is 6.92 Å². The van der Waals surface area contributed by atoms with Gasteiger partial charge in [0.1, 0.15) is 11.6 Å². The van der Waals surface area contributed by atoms with Crippen LogP contribution in [0, 0.1) is 0 Å². The molecule has 1 heterocycles. The van der Waals surface area contributed by atoms with E-state index >= 15 is 0 Å². The minimum absolute atomic E-state index is 0.189. The van der Waals surface area contributed by atoms with Crippen molar-refractivity contribution in [1.29, 1.82) is 0 Å². The Morgan fingerprint density at radius 1 is 1.20 bits per heavy atom. The lowest BCUT2D eigenvalue weighted by molar-refractivity contribution is 0.292. The molecule has 0 radical (unpaired) electrons. The molecule has 5 heteroatoms. The smallest absolute Gasteiger partial charge is 0.146 e. The van der Waals surface area contributed by atoms with E-state index in [1.54, 1.807) is 12.4 Å². The highest BCUT2D eigenvalue weighted by Gasteiger charge is 1.96. The summed E-state index contributed by atoms with van der Waals surface area (Å²) < 4.78 is 0. The van der Waals surface area contributed by atoms with Gasteiger partial charge >= 0.3 is 0 Å². The molecule has 0 saturated carbocycles. The number of anilines is 2. The summed E-state index contributed by atoms with van der Waals surface area (Å²) in [6.07, 6.45) is 5.15. The molecule has 0 aliphatic carbocycles. The molecule has 0 aliphatic rings. The van der Waals surface area contributed by atoms with Crippen LogP contribution in [0.3, 0.4) is 0 Å². The molecule has 0 unspecified atom stereocenters. The van der Waals surface area contributed by atoms with Gasteiger partial charge in [0, 0.05) is 19.7 Å². The Morgan fingerprint density at radius 2 is 1.87 bits per heavy atom. The molecule has 0 saturated heterocycles.